The van der Waals surface area contributed by atoms with Gasteiger partial charge in [0.2, 0.25) is 0 Å². The third-order valence-electron chi connectivity index (χ3n) is 2.91. The van der Waals surface area contributed by atoms with Gasteiger partial charge >= 0.3 is 0 Å². The Kier molecular flexibility index (Phi) is 6.82. The minimum absolute atomic E-state index is 0.190. The summed E-state index contributed by atoms with van der Waals surface area (Å²) >= 11 is 0. The van der Waals surface area contributed by atoms with Crippen molar-refractivity contribution in [2.75, 3.05) is 13.2 Å². The lowest BCUT2D eigenvalue weighted by Gasteiger charge is -2.14. The molecule has 1 aromatic rings. The number of unbranched alkanes of at least 4 members (excludes halogenated alkanes) is 3. The highest BCUT2D eigenvalue weighted by atomic mass is 19.1. The number of aliphatic hydroxyl groups is 1. The van der Waals surface area contributed by atoms with Crippen molar-refractivity contribution >= 4 is 0 Å². The molecule has 1 rings (SSSR count). The molecule has 0 saturated carbocycles. The van der Waals surface area contributed by atoms with Gasteiger partial charge in [0.25, 0.3) is 0 Å². The lowest BCUT2D eigenvalue weighted by atomic mass is 10.1. The van der Waals surface area contributed by atoms with Crippen molar-refractivity contribution < 1.29 is 9.50 Å². The van der Waals surface area contributed by atoms with Gasteiger partial charge in [-0.1, -0.05) is 25.0 Å². The number of hydrogen-bond acceptors (Lipinski definition) is 2. The van der Waals surface area contributed by atoms with Gasteiger partial charge in [-0.2, -0.15) is 0 Å². The highest BCUT2D eigenvalue weighted by molar-refractivity contribution is 5.19. The number of aliphatic hydroxyl groups excluding tert-OH is 1. The second kappa shape index (κ2) is 8.20. The molecule has 0 fully saturated rings. The van der Waals surface area contributed by atoms with Gasteiger partial charge in [0, 0.05) is 12.6 Å². The predicted molar refractivity (Wildman–Crippen MR) is 68.4 cm³/mol. The summed E-state index contributed by atoms with van der Waals surface area (Å²) in [7, 11) is 0. The van der Waals surface area contributed by atoms with Crippen molar-refractivity contribution in [3.63, 3.8) is 0 Å². The van der Waals surface area contributed by atoms with Gasteiger partial charge in [0.15, 0.2) is 0 Å². The maximum absolute atomic E-state index is 12.7. The molecule has 17 heavy (non-hydrogen) atoms. The molecule has 2 N–H and O–H groups in total. The Morgan fingerprint density at radius 3 is 2.41 bits per heavy atom. The molecule has 1 aromatic carbocycles. The van der Waals surface area contributed by atoms with E-state index in [2.05, 4.69) is 12.2 Å². The van der Waals surface area contributed by atoms with Crippen molar-refractivity contribution in [2.45, 2.75) is 38.6 Å². The first-order valence-electron chi connectivity index (χ1n) is 6.33. The van der Waals surface area contributed by atoms with Crippen molar-refractivity contribution in [3.05, 3.63) is 35.6 Å². The second-order valence-corrected chi connectivity index (χ2v) is 4.37. The molecule has 0 unspecified atom stereocenters. The van der Waals surface area contributed by atoms with Crippen LogP contribution in [0, 0.1) is 5.82 Å². The van der Waals surface area contributed by atoms with Crippen LogP contribution < -0.4 is 5.32 Å². The van der Waals surface area contributed by atoms with Crippen LogP contribution in [0.25, 0.3) is 0 Å². The van der Waals surface area contributed by atoms with Crippen LogP contribution >= 0.6 is 0 Å². The molecule has 0 aliphatic heterocycles. The molecule has 1 atom stereocenters. The second-order valence-electron chi connectivity index (χ2n) is 4.37. The van der Waals surface area contributed by atoms with E-state index in [0.29, 0.717) is 6.61 Å². The van der Waals surface area contributed by atoms with E-state index in [0.717, 1.165) is 37.8 Å². The summed E-state index contributed by atoms with van der Waals surface area (Å²) in [5, 5.41) is 12.0. The first-order chi connectivity index (χ1) is 8.24. The van der Waals surface area contributed by atoms with Crippen LogP contribution in [0.5, 0.6) is 0 Å². The Labute approximate surface area is 103 Å². The van der Waals surface area contributed by atoms with Gasteiger partial charge in [-0.3, -0.25) is 0 Å². The third kappa shape index (κ3) is 5.80. The van der Waals surface area contributed by atoms with Crippen molar-refractivity contribution in [1.82, 2.24) is 5.32 Å². The summed E-state index contributed by atoms with van der Waals surface area (Å²) in [6, 6.07) is 6.88. The van der Waals surface area contributed by atoms with E-state index in [1.807, 2.05) is 12.1 Å². The highest BCUT2D eigenvalue weighted by Gasteiger charge is 2.03. The van der Waals surface area contributed by atoms with Crippen LogP contribution in [-0.2, 0) is 0 Å². The quantitative estimate of drug-likeness (QED) is 0.683. The molecule has 0 amide bonds. The smallest absolute Gasteiger partial charge is 0.123 e. The fourth-order valence-electron chi connectivity index (χ4n) is 1.78. The Morgan fingerprint density at radius 2 is 1.76 bits per heavy atom. The minimum Gasteiger partial charge on any atom is -0.396 e. The van der Waals surface area contributed by atoms with E-state index < -0.39 is 0 Å². The van der Waals surface area contributed by atoms with Crippen LogP contribution in [0.1, 0.15) is 44.2 Å². The molecule has 96 valence electrons. The van der Waals surface area contributed by atoms with Gasteiger partial charge in [-0.25, -0.2) is 4.39 Å². The third-order valence-corrected chi connectivity index (χ3v) is 2.91. The fourth-order valence-corrected chi connectivity index (χ4v) is 1.78. The molecule has 0 aliphatic carbocycles. The first-order valence-corrected chi connectivity index (χ1v) is 6.33. The molecule has 0 saturated heterocycles. The van der Waals surface area contributed by atoms with Gasteiger partial charge in [0.05, 0.1) is 0 Å². The number of hydrogen-bond donors (Lipinski definition) is 2. The molecule has 0 radical (unpaired) electrons. The SMILES string of the molecule is C[C@H](NCCCCCCO)c1ccc(F)cc1. The summed E-state index contributed by atoms with van der Waals surface area (Å²) in [6.45, 7) is 3.34. The Bertz CT molecular complexity index is 300. The molecule has 0 aliphatic rings. The van der Waals surface area contributed by atoms with Crippen molar-refractivity contribution in [2.24, 2.45) is 0 Å². The lowest BCUT2D eigenvalue weighted by molar-refractivity contribution is 0.282. The average molecular weight is 239 g/mol. The van der Waals surface area contributed by atoms with Crippen LogP contribution in [0.15, 0.2) is 24.3 Å². The average Bonchev–Trinajstić information content (AvgIpc) is 2.34. The molecule has 0 spiro atoms. The zero-order valence-corrected chi connectivity index (χ0v) is 10.5. The zero-order chi connectivity index (χ0) is 12.5. The summed E-state index contributed by atoms with van der Waals surface area (Å²) in [6.07, 6.45) is 4.24. The van der Waals surface area contributed by atoms with Crippen molar-refractivity contribution in [3.8, 4) is 0 Å². The standard InChI is InChI=1S/C14H22FNO/c1-12(13-6-8-14(15)9-7-13)16-10-4-2-3-5-11-17/h6-9,12,16-17H,2-5,10-11H2,1H3/t12-/m0/s1. The van der Waals surface area contributed by atoms with E-state index in [9.17, 15) is 4.39 Å². The van der Waals surface area contributed by atoms with E-state index in [4.69, 9.17) is 5.11 Å². The molecular formula is C14H22FNO. The maximum atomic E-state index is 12.7. The summed E-state index contributed by atoms with van der Waals surface area (Å²) in [5.74, 6) is -0.190. The number of halogens is 1. The van der Waals surface area contributed by atoms with Gasteiger partial charge < -0.3 is 10.4 Å². The Balaban J connectivity index is 2.16. The normalized spacial score (nSPS) is 12.6. The zero-order valence-electron chi connectivity index (χ0n) is 10.5. The summed E-state index contributed by atoms with van der Waals surface area (Å²) in [5.41, 5.74) is 1.11. The number of benzene rings is 1. The Morgan fingerprint density at radius 1 is 1.12 bits per heavy atom. The maximum Gasteiger partial charge on any atom is 0.123 e. The largest absolute Gasteiger partial charge is 0.396 e. The van der Waals surface area contributed by atoms with E-state index in [-0.39, 0.29) is 11.9 Å². The molecule has 0 aromatic heterocycles. The van der Waals surface area contributed by atoms with Crippen LogP contribution in [0.4, 0.5) is 4.39 Å². The van der Waals surface area contributed by atoms with Crippen LogP contribution in [-0.4, -0.2) is 18.3 Å². The van der Waals surface area contributed by atoms with Crippen LogP contribution in [0.2, 0.25) is 0 Å². The van der Waals surface area contributed by atoms with E-state index >= 15 is 0 Å². The summed E-state index contributed by atoms with van der Waals surface area (Å²) in [4.78, 5) is 0. The van der Waals surface area contributed by atoms with Gasteiger partial charge in [-0.15, -0.1) is 0 Å². The van der Waals surface area contributed by atoms with Gasteiger partial charge in [-0.05, 0) is 44.0 Å². The lowest BCUT2D eigenvalue weighted by Crippen LogP contribution is -2.19. The molecule has 2 nitrogen and oxygen atoms in total. The molecule has 3 heteroatoms. The Hall–Kier alpha value is -0.930. The monoisotopic (exact) mass is 239 g/mol. The fraction of sp³-hybridized carbons (Fsp3) is 0.571. The number of nitrogens with one attached hydrogen (secondary N) is 1. The van der Waals surface area contributed by atoms with Crippen LogP contribution in [0.3, 0.4) is 0 Å². The molecule has 0 bridgehead atoms. The summed E-state index contributed by atoms with van der Waals surface area (Å²) < 4.78 is 12.7. The van der Waals surface area contributed by atoms with E-state index in [1.165, 1.54) is 12.1 Å². The highest BCUT2D eigenvalue weighted by Crippen LogP contribution is 2.12. The number of rotatable bonds is 8. The minimum atomic E-state index is -0.190. The van der Waals surface area contributed by atoms with E-state index in [1.54, 1.807) is 0 Å². The van der Waals surface area contributed by atoms with Gasteiger partial charge in [0.1, 0.15) is 5.82 Å². The molecule has 0 heterocycles. The van der Waals surface area contributed by atoms with Crippen molar-refractivity contribution in [1.29, 1.82) is 0 Å². The first kappa shape index (κ1) is 14.1. The predicted octanol–water partition coefficient (Wildman–Crippen LogP) is 3.03. The molecular weight excluding hydrogens is 217 g/mol. The topological polar surface area (TPSA) is 32.3 Å².